The molecule has 0 aliphatic heterocycles. The topological polar surface area (TPSA) is 115 Å². The van der Waals surface area contributed by atoms with Gasteiger partial charge in [0.25, 0.3) is 10.0 Å². The van der Waals surface area contributed by atoms with Crippen LogP contribution in [0.15, 0.2) is 50.8 Å². The van der Waals surface area contributed by atoms with E-state index in [1.807, 2.05) is 11.8 Å². The zero-order valence-corrected chi connectivity index (χ0v) is 12.4. The van der Waals surface area contributed by atoms with Crippen LogP contribution in [0, 0.1) is 10.1 Å². The van der Waals surface area contributed by atoms with Crippen LogP contribution in [-0.4, -0.2) is 19.6 Å². The molecule has 0 saturated heterocycles. The minimum Gasteiger partial charge on any atom is -0.400 e. The zero-order chi connectivity index (χ0) is 16.2. The van der Waals surface area contributed by atoms with Crippen LogP contribution in [0.3, 0.4) is 0 Å². The first-order valence-corrected chi connectivity index (χ1v) is 7.78. The summed E-state index contributed by atoms with van der Waals surface area (Å²) in [5.41, 5.74) is 1.02. The van der Waals surface area contributed by atoms with E-state index in [-0.39, 0.29) is 10.7 Å². The number of hydrazone groups is 1. The largest absolute Gasteiger partial charge is 0.433 e. The van der Waals surface area contributed by atoms with Crippen molar-refractivity contribution in [3.8, 4) is 0 Å². The second-order valence-electron chi connectivity index (χ2n) is 4.28. The molecule has 0 fully saturated rings. The number of nitrogens with one attached hydrogen (secondary N) is 1. The van der Waals surface area contributed by atoms with E-state index in [2.05, 4.69) is 5.10 Å². The van der Waals surface area contributed by atoms with Gasteiger partial charge in [0.1, 0.15) is 4.92 Å². The first-order chi connectivity index (χ1) is 10.4. The maximum absolute atomic E-state index is 12.0. The van der Waals surface area contributed by atoms with Gasteiger partial charge in [-0.15, -0.1) is 0 Å². The summed E-state index contributed by atoms with van der Waals surface area (Å²) in [7, 11) is -3.79. The van der Waals surface area contributed by atoms with Gasteiger partial charge in [-0.3, -0.25) is 10.1 Å². The predicted molar refractivity (Wildman–Crippen MR) is 79.1 cm³/mol. The molecule has 2 rings (SSSR count). The third-order valence-electron chi connectivity index (χ3n) is 2.80. The summed E-state index contributed by atoms with van der Waals surface area (Å²) in [6, 6.07) is 8.86. The highest BCUT2D eigenvalue weighted by Crippen LogP contribution is 2.14. The number of nitrogens with zero attached hydrogens (tertiary/aromatic N) is 2. The molecule has 116 valence electrons. The quantitative estimate of drug-likeness (QED) is 0.496. The number of rotatable bonds is 6. The van der Waals surface area contributed by atoms with E-state index in [0.29, 0.717) is 0 Å². The molecule has 0 spiro atoms. The summed E-state index contributed by atoms with van der Waals surface area (Å²) in [6.07, 6.45) is 1.86. The molecule has 22 heavy (non-hydrogen) atoms. The average molecular weight is 323 g/mol. The molecule has 8 nitrogen and oxygen atoms in total. The van der Waals surface area contributed by atoms with Gasteiger partial charge in [-0.2, -0.15) is 18.4 Å². The van der Waals surface area contributed by atoms with Crippen LogP contribution in [-0.2, 0) is 16.4 Å². The number of benzene rings is 1. The fourth-order valence-electron chi connectivity index (χ4n) is 1.63. The van der Waals surface area contributed by atoms with Crippen molar-refractivity contribution in [2.75, 3.05) is 0 Å². The van der Waals surface area contributed by atoms with E-state index >= 15 is 0 Å². The first kappa shape index (κ1) is 15.7. The van der Waals surface area contributed by atoms with Crippen LogP contribution in [0.1, 0.15) is 18.2 Å². The van der Waals surface area contributed by atoms with Crippen molar-refractivity contribution < 1.29 is 17.8 Å². The summed E-state index contributed by atoms with van der Waals surface area (Å²) in [4.78, 5) is 11.8. The van der Waals surface area contributed by atoms with Crippen LogP contribution in [0.2, 0.25) is 0 Å². The highest BCUT2D eigenvalue weighted by atomic mass is 32.2. The molecular formula is C13H13N3O5S. The zero-order valence-electron chi connectivity index (χ0n) is 11.6. The monoisotopic (exact) mass is 323 g/mol. The molecule has 1 aromatic carbocycles. The Kier molecular flexibility index (Phi) is 4.56. The van der Waals surface area contributed by atoms with Gasteiger partial charge in [-0.1, -0.05) is 19.1 Å². The lowest BCUT2D eigenvalue weighted by Crippen LogP contribution is -2.18. The lowest BCUT2D eigenvalue weighted by atomic mass is 10.2. The van der Waals surface area contributed by atoms with Gasteiger partial charge < -0.3 is 4.42 Å². The molecule has 0 unspecified atom stereocenters. The third-order valence-corrected chi connectivity index (χ3v) is 4.04. The number of aryl methyl sites for hydroxylation is 1. The molecule has 1 aromatic heterocycles. The van der Waals surface area contributed by atoms with E-state index in [0.717, 1.165) is 24.3 Å². The standard InChI is InChI=1S/C13H13N3O5S/c1-2-10-3-6-12(7-4-10)22(19,20)15-14-9-11-5-8-13(21-11)16(17)18/h3-9,15H,2H2,1H3/b14-9+. The molecule has 0 saturated carbocycles. The highest BCUT2D eigenvalue weighted by Gasteiger charge is 2.13. The Bertz CT molecular complexity index is 793. The lowest BCUT2D eigenvalue weighted by Gasteiger charge is -2.03. The molecule has 2 aromatic rings. The van der Waals surface area contributed by atoms with Gasteiger partial charge in [0.2, 0.25) is 0 Å². The molecule has 0 aliphatic rings. The molecule has 1 N–H and O–H groups in total. The average Bonchev–Trinajstić information content (AvgIpc) is 2.96. The Morgan fingerprint density at radius 3 is 2.50 bits per heavy atom. The Labute approximate surface area is 126 Å². The summed E-state index contributed by atoms with van der Waals surface area (Å²) >= 11 is 0. The predicted octanol–water partition coefficient (Wildman–Crippen LogP) is 2.06. The summed E-state index contributed by atoms with van der Waals surface area (Å²) in [6.45, 7) is 1.97. The van der Waals surface area contributed by atoms with Crippen LogP contribution in [0.25, 0.3) is 0 Å². The Morgan fingerprint density at radius 1 is 1.27 bits per heavy atom. The van der Waals surface area contributed by atoms with Gasteiger partial charge in [0, 0.05) is 0 Å². The fraction of sp³-hybridized carbons (Fsp3) is 0.154. The van der Waals surface area contributed by atoms with Crippen molar-refractivity contribution >= 4 is 22.1 Å². The maximum Gasteiger partial charge on any atom is 0.433 e. The maximum atomic E-state index is 12.0. The fourth-order valence-corrected chi connectivity index (χ4v) is 2.42. The summed E-state index contributed by atoms with van der Waals surface area (Å²) in [5.74, 6) is -0.379. The van der Waals surface area contributed by atoms with E-state index < -0.39 is 20.8 Å². The van der Waals surface area contributed by atoms with E-state index in [9.17, 15) is 18.5 Å². The number of furan rings is 1. The molecule has 0 bridgehead atoms. The van der Waals surface area contributed by atoms with Crippen molar-refractivity contribution in [1.82, 2.24) is 4.83 Å². The minimum atomic E-state index is -3.79. The number of nitro groups is 1. The molecule has 9 heteroatoms. The van der Waals surface area contributed by atoms with Gasteiger partial charge in [0.05, 0.1) is 17.2 Å². The minimum absolute atomic E-state index is 0.0655. The number of sulfonamides is 1. The normalized spacial score (nSPS) is 11.7. The molecule has 0 amide bonds. The number of hydrogen-bond acceptors (Lipinski definition) is 6. The van der Waals surface area contributed by atoms with E-state index in [1.54, 1.807) is 12.1 Å². The van der Waals surface area contributed by atoms with Gasteiger partial charge in [-0.05, 0) is 30.2 Å². The Hall–Kier alpha value is -2.68. The van der Waals surface area contributed by atoms with Crippen molar-refractivity contribution in [3.05, 3.63) is 57.8 Å². The van der Waals surface area contributed by atoms with Gasteiger partial charge in [0.15, 0.2) is 5.76 Å². The highest BCUT2D eigenvalue weighted by molar-refractivity contribution is 7.89. The Balaban J connectivity index is 2.07. The van der Waals surface area contributed by atoms with Crippen molar-refractivity contribution in [3.63, 3.8) is 0 Å². The van der Waals surface area contributed by atoms with Gasteiger partial charge in [-0.25, -0.2) is 0 Å². The second-order valence-corrected chi connectivity index (χ2v) is 5.94. The van der Waals surface area contributed by atoms with Crippen molar-refractivity contribution in [1.29, 1.82) is 0 Å². The first-order valence-electron chi connectivity index (χ1n) is 6.30. The SMILES string of the molecule is CCc1ccc(S(=O)(=O)N/N=C/c2ccc([N+](=O)[O-])o2)cc1. The van der Waals surface area contributed by atoms with Crippen LogP contribution in [0.4, 0.5) is 5.88 Å². The van der Waals surface area contributed by atoms with E-state index in [4.69, 9.17) is 4.42 Å². The third kappa shape index (κ3) is 3.70. The molecular weight excluding hydrogens is 310 g/mol. The molecule has 0 radical (unpaired) electrons. The van der Waals surface area contributed by atoms with Crippen molar-refractivity contribution in [2.45, 2.75) is 18.2 Å². The summed E-state index contributed by atoms with van der Waals surface area (Å²) < 4.78 is 28.8. The smallest absolute Gasteiger partial charge is 0.400 e. The van der Waals surface area contributed by atoms with Crippen LogP contribution in [0.5, 0.6) is 0 Å². The lowest BCUT2D eigenvalue weighted by molar-refractivity contribution is -0.402. The Morgan fingerprint density at radius 2 is 1.95 bits per heavy atom. The molecule has 1 heterocycles. The second kappa shape index (κ2) is 6.39. The van der Waals surface area contributed by atoms with Crippen LogP contribution < -0.4 is 4.83 Å². The van der Waals surface area contributed by atoms with Gasteiger partial charge >= 0.3 is 5.88 Å². The molecule has 0 aliphatic carbocycles. The van der Waals surface area contributed by atoms with Crippen molar-refractivity contribution in [2.24, 2.45) is 5.10 Å². The van der Waals surface area contributed by atoms with E-state index in [1.165, 1.54) is 18.2 Å². The summed E-state index contributed by atoms with van der Waals surface area (Å²) in [5, 5.41) is 14.0. The van der Waals surface area contributed by atoms with Crippen LogP contribution >= 0.6 is 0 Å². The molecule has 0 atom stereocenters. The number of hydrogen-bond donors (Lipinski definition) is 1.